The molecule has 0 radical (unpaired) electrons. The Kier molecular flexibility index (Phi) is 5.01. The molecular weight excluding hydrogens is 228 g/mol. The van der Waals surface area contributed by atoms with Crippen molar-refractivity contribution in [3.63, 3.8) is 0 Å². The zero-order valence-corrected chi connectivity index (χ0v) is 11.3. The van der Waals surface area contributed by atoms with Crippen molar-refractivity contribution in [1.82, 2.24) is 0 Å². The van der Waals surface area contributed by atoms with Crippen molar-refractivity contribution in [3.8, 4) is 0 Å². The minimum Gasteiger partial charge on any atom is -0.478 e. The highest BCUT2D eigenvalue weighted by Crippen LogP contribution is 2.27. The van der Waals surface area contributed by atoms with Crippen molar-refractivity contribution in [2.24, 2.45) is 0 Å². The molecule has 0 spiro atoms. The Bertz CT molecular complexity index is 418. The molecule has 18 heavy (non-hydrogen) atoms. The van der Waals surface area contributed by atoms with E-state index < -0.39 is 5.97 Å². The molecule has 4 heteroatoms. The number of hydrogen-bond acceptors (Lipinski definition) is 3. The van der Waals surface area contributed by atoms with Crippen LogP contribution in [0.25, 0.3) is 0 Å². The highest BCUT2D eigenvalue weighted by Gasteiger charge is 2.15. The van der Waals surface area contributed by atoms with Gasteiger partial charge in [0.1, 0.15) is 0 Å². The quantitative estimate of drug-likeness (QED) is 0.762. The zero-order valence-electron chi connectivity index (χ0n) is 11.3. The first-order chi connectivity index (χ1) is 8.51. The average Bonchev–Trinajstić information content (AvgIpc) is 2.32. The minimum atomic E-state index is -0.946. The Morgan fingerprint density at radius 3 is 2.56 bits per heavy atom. The standard InChI is InChI=1S/C14H22N2O2/c1-4-6-10(3)16(5-2)13-8-7-11(14(17)18)9-12(13)15/h7-10H,4-6,15H2,1-3H3,(H,17,18). The van der Waals surface area contributed by atoms with Crippen LogP contribution >= 0.6 is 0 Å². The summed E-state index contributed by atoms with van der Waals surface area (Å²) in [5.41, 5.74) is 7.64. The molecule has 1 unspecified atom stereocenters. The Morgan fingerprint density at radius 1 is 1.44 bits per heavy atom. The van der Waals surface area contributed by atoms with Gasteiger partial charge in [-0.15, -0.1) is 0 Å². The van der Waals surface area contributed by atoms with Crippen molar-refractivity contribution in [2.75, 3.05) is 17.2 Å². The maximum Gasteiger partial charge on any atom is 0.335 e. The van der Waals surface area contributed by atoms with Crippen molar-refractivity contribution >= 4 is 17.3 Å². The van der Waals surface area contributed by atoms with E-state index in [0.29, 0.717) is 11.7 Å². The summed E-state index contributed by atoms with van der Waals surface area (Å²) in [5.74, 6) is -0.946. The van der Waals surface area contributed by atoms with E-state index in [1.54, 1.807) is 12.1 Å². The predicted molar refractivity (Wildman–Crippen MR) is 75.2 cm³/mol. The van der Waals surface area contributed by atoms with E-state index in [0.717, 1.165) is 25.1 Å². The lowest BCUT2D eigenvalue weighted by Gasteiger charge is -2.31. The third kappa shape index (κ3) is 3.15. The normalized spacial score (nSPS) is 12.2. The largest absolute Gasteiger partial charge is 0.478 e. The fraction of sp³-hybridized carbons (Fsp3) is 0.500. The molecule has 100 valence electrons. The number of nitrogens with two attached hydrogens (primary N) is 1. The van der Waals surface area contributed by atoms with Crippen LogP contribution in [0, 0.1) is 0 Å². The lowest BCUT2D eigenvalue weighted by Crippen LogP contribution is -2.33. The summed E-state index contributed by atoms with van der Waals surface area (Å²) >= 11 is 0. The highest BCUT2D eigenvalue weighted by atomic mass is 16.4. The molecule has 4 nitrogen and oxygen atoms in total. The van der Waals surface area contributed by atoms with Crippen molar-refractivity contribution < 1.29 is 9.90 Å². The molecule has 0 aliphatic rings. The van der Waals surface area contributed by atoms with E-state index in [1.807, 2.05) is 0 Å². The smallest absolute Gasteiger partial charge is 0.335 e. The number of carboxylic acid groups (broad SMARTS) is 1. The van der Waals surface area contributed by atoms with Crippen molar-refractivity contribution in [3.05, 3.63) is 23.8 Å². The monoisotopic (exact) mass is 250 g/mol. The van der Waals surface area contributed by atoms with Crippen LogP contribution in [0.3, 0.4) is 0 Å². The third-order valence-corrected chi connectivity index (χ3v) is 3.16. The molecule has 0 fully saturated rings. The number of nitrogen functional groups attached to an aromatic ring is 1. The maximum absolute atomic E-state index is 10.9. The van der Waals surface area contributed by atoms with Gasteiger partial charge in [-0.25, -0.2) is 4.79 Å². The van der Waals surface area contributed by atoms with Gasteiger partial charge in [0.15, 0.2) is 0 Å². The van der Waals surface area contributed by atoms with Crippen LogP contribution in [-0.2, 0) is 0 Å². The molecule has 0 heterocycles. The van der Waals surface area contributed by atoms with Gasteiger partial charge in [0.25, 0.3) is 0 Å². The van der Waals surface area contributed by atoms with Crippen LogP contribution in [0.15, 0.2) is 18.2 Å². The summed E-state index contributed by atoms with van der Waals surface area (Å²) in [4.78, 5) is 13.1. The first-order valence-corrected chi connectivity index (χ1v) is 6.40. The van der Waals surface area contributed by atoms with Gasteiger partial charge in [-0.05, 0) is 38.5 Å². The molecule has 0 aromatic heterocycles. The number of hydrogen-bond donors (Lipinski definition) is 2. The Hall–Kier alpha value is -1.71. The average molecular weight is 250 g/mol. The fourth-order valence-electron chi connectivity index (χ4n) is 2.24. The van der Waals surface area contributed by atoms with E-state index in [4.69, 9.17) is 10.8 Å². The molecule has 3 N–H and O–H groups in total. The molecule has 1 aromatic carbocycles. The topological polar surface area (TPSA) is 66.6 Å². The van der Waals surface area contributed by atoms with Gasteiger partial charge in [0.05, 0.1) is 16.9 Å². The molecular formula is C14H22N2O2. The SMILES string of the molecule is CCCC(C)N(CC)c1ccc(C(=O)O)cc1N. The minimum absolute atomic E-state index is 0.232. The summed E-state index contributed by atoms with van der Waals surface area (Å²) in [7, 11) is 0. The summed E-state index contributed by atoms with van der Waals surface area (Å²) in [6, 6.07) is 5.33. The van der Waals surface area contributed by atoms with E-state index in [1.165, 1.54) is 6.07 Å². The molecule has 0 aliphatic heterocycles. The maximum atomic E-state index is 10.9. The number of aromatic carboxylic acids is 1. The third-order valence-electron chi connectivity index (χ3n) is 3.16. The second kappa shape index (κ2) is 6.28. The van der Waals surface area contributed by atoms with Crippen LogP contribution in [0.1, 0.15) is 44.0 Å². The molecule has 0 aliphatic carbocycles. The predicted octanol–water partition coefficient (Wildman–Crippen LogP) is 2.98. The molecule has 1 aromatic rings. The van der Waals surface area contributed by atoms with Gasteiger partial charge in [0, 0.05) is 12.6 Å². The second-order valence-electron chi connectivity index (χ2n) is 4.50. The Labute approximate surface area is 108 Å². The molecule has 0 bridgehead atoms. The Balaban J connectivity index is 3.03. The summed E-state index contributed by atoms with van der Waals surface area (Å²) in [6.07, 6.45) is 2.21. The number of anilines is 2. The zero-order chi connectivity index (χ0) is 13.7. The molecule has 1 atom stereocenters. The van der Waals surface area contributed by atoms with E-state index in [9.17, 15) is 4.79 Å². The van der Waals surface area contributed by atoms with E-state index in [2.05, 4.69) is 25.7 Å². The van der Waals surface area contributed by atoms with Gasteiger partial charge in [0.2, 0.25) is 0 Å². The van der Waals surface area contributed by atoms with Gasteiger partial charge < -0.3 is 15.7 Å². The summed E-state index contributed by atoms with van der Waals surface area (Å²) in [6.45, 7) is 7.26. The summed E-state index contributed by atoms with van der Waals surface area (Å²) < 4.78 is 0. The fourth-order valence-corrected chi connectivity index (χ4v) is 2.24. The van der Waals surface area contributed by atoms with Gasteiger partial charge >= 0.3 is 5.97 Å². The van der Waals surface area contributed by atoms with E-state index >= 15 is 0 Å². The van der Waals surface area contributed by atoms with Crippen LogP contribution in [0.4, 0.5) is 11.4 Å². The van der Waals surface area contributed by atoms with Crippen LogP contribution in [-0.4, -0.2) is 23.7 Å². The molecule has 1 rings (SSSR count). The number of rotatable bonds is 6. The number of nitrogens with zero attached hydrogens (tertiary/aromatic N) is 1. The molecule has 0 amide bonds. The number of carboxylic acids is 1. The Morgan fingerprint density at radius 2 is 2.11 bits per heavy atom. The number of carbonyl (C=O) groups is 1. The lowest BCUT2D eigenvalue weighted by atomic mass is 10.1. The number of benzene rings is 1. The van der Waals surface area contributed by atoms with Crippen molar-refractivity contribution in [1.29, 1.82) is 0 Å². The molecule has 0 saturated carbocycles. The van der Waals surface area contributed by atoms with Crippen LogP contribution < -0.4 is 10.6 Å². The first-order valence-electron chi connectivity index (χ1n) is 6.40. The first kappa shape index (κ1) is 14.4. The van der Waals surface area contributed by atoms with Gasteiger partial charge in [-0.2, -0.15) is 0 Å². The second-order valence-corrected chi connectivity index (χ2v) is 4.50. The van der Waals surface area contributed by atoms with Crippen LogP contribution in [0.5, 0.6) is 0 Å². The highest BCUT2D eigenvalue weighted by molar-refractivity contribution is 5.90. The summed E-state index contributed by atoms with van der Waals surface area (Å²) in [5, 5.41) is 8.92. The van der Waals surface area contributed by atoms with Crippen molar-refractivity contribution in [2.45, 2.75) is 39.7 Å². The van der Waals surface area contributed by atoms with E-state index in [-0.39, 0.29) is 5.56 Å². The lowest BCUT2D eigenvalue weighted by molar-refractivity contribution is 0.0697. The molecule has 0 saturated heterocycles. The van der Waals surface area contributed by atoms with Gasteiger partial charge in [-0.3, -0.25) is 0 Å². The van der Waals surface area contributed by atoms with Gasteiger partial charge in [-0.1, -0.05) is 13.3 Å². The van der Waals surface area contributed by atoms with Crippen LogP contribution in [0.2, 0.25) is 0 Å².